The van der Waals surface area contributed by atoms with Crippen LogP contribution in [0.1, 0.15) is 19.4 Å². The topological polar surface area (TPSA) is 41.1 Å². The van der Waals surface area contributed by atoms with Crippen LogP contribution >= 0.6 is 15.9 Å². The summed E-state index contributed by atoms with van der Waals surface area (Å²) in [5.74, 6) is -0.0544. The Labute approximate surface area is 105 Å². The maximum atomic E-state index is 11.9. The number of benzene rings is 1. The lowest BCUT2D eigenvalue weighted by molar-refractivity contribution is -0.121. The Kier molecular flexibility index (Phi) is 4.10. The van der Waals surface area contributed by atoms with Gasteiger partial charge >= 0.3 is 0 Å². The zero-order chi connectivity index (χ0) is 12.3. The van der Waals surface area contributed by atoms with E-state index in [-0.39, 0.29) is 5.91 Å². The monoisotopic (exact) mass is 284 g/mol. The summed E-state index contributed by atoms with van der Waals surface area (Å²) in [6.45, 7) is 5.67. The number of aryl methyl sites for hydroxylation is 1. The molecule has 1 aromatic carbocycles. The number of rotatable bonds is 3. The lowest BCUT2D eigenvalue weighted by Crippen LogP contribution is -2.47. The fourth-order valence-corrected chi connectivity index (χ4v) is 1.47. The average molecular weight is 285 g/mol. The highest BCUT2D eigenvalue weighted by Gasteiger charge is 2.25. The first-order valence-electron chi connectivity index (χ1n) is 5.13. The molecule has 3 nitrogen and oxygen atoms in total. The number of halogens is 1. The highest BCUT2D eigenvalue weighted by molar-refractivity contribution is 9.10. The maximum absolute atomic E-state index is 11.9. The van der Waals surface area contributed by atoms with Gasteiger partial charge < -0.3 is 10.6 Å². The number of amides is 1. The highest BCUT2D eigenvalue weighted by atomic mass is 79.9. The lowest BCUT2D eigenvalue weighted by atomic mass is 10.0. The third kappa shape index (κ3) is 3.06. The molecule has 4 heteroatoms. The number of hydrogen-bond donors (Lipinski definition) is 2. The van der Waals surface area contributed by atoms with Crippen LogP contribution in [0, 0.1) is 6.92 Å². The molecule has 2 N–H and O–H groups in total. The lowest BCUT2D eigenvalue weighted by Gasteiger charge is -2.23. The van der Waals surface area contributed by atoms with E-state index >= 15 is 0 Å². The Morgan fingerprint density at radius 3 is 2.56 bits per heavy atom. The fourth-order valence-electron chi connectivity index (χ4n) is 1.13. The minimum atomic E-state index is -0.580. The third-order valence-electron chi connectivity index (χ3n) is 2.56. The van der Waals surface area contributed by atoms with Crippen LogP contribution in [0.5, 0.6) is 0 Å². The first kappa shape index (κ1) is 13.2. The van der Waals surface area contributed by atoms with E-state index in [0.717, 1.165) is 15.7 Å². The van der Waals surface area contributed by atoms with Gasteiger partial charge in [-0.3, -0.25) is 4.79 Å². The quantitative estimate of drug-likeness (QED) is 0.896. The number of anilines is 1. The van der Waals surface area contributed by atoms with Crippen molar-refractivity contribution in [3.8, 4) is 0 Å². The van der Waals surface area contributed by atoms with E-state index in [9.17, 15) is 4.79 Å². The normalized spacial score (nSPS) is 11.3. The minimum Gasteiger partial charge on any atom is -0.323 e. The number of nitrogens with one attached hydrogen (secondary N) is 2. The molecule has 0 heterocycles. The molecule has 0 aromatic heterocycles. The third-order valence-corrected chi connectivity index (χ3v) is 3.25. The molecule has 1 aromatic rings. The molecule has 0 fully saturated rings. The van der Waals surface area contributed by atoms with Gasteiger partial charge in [0.1, 0.15) is 0 Å². The van der Waals surface area contributed by atoms with Crippen molar-refractivity contribution < 1.29 is 4.79 Å². The summed E-state index contributed by atoms with van der Waals surface area (Å²) >= 11 is 3.41. The van der Waals surface area contributed by atoms with Crippen molar-refractivity contribution in [2.24, 2.45) is 0 Å². The summed E-state index contributed by atoms with van der Waals surface area (Å²) in [6, 6.07) is 5.86. The molecule has 1 amide bonds. The van der Waals surface area contributed by atoms with E-state index in [4.69, 9.17) is 0 Å². The molecule has 1 rings (SSSR count). The number of likely N-dealkylation sites (N-methyl/N-ethyl adjacent to an activating group) is 1. The molecule has 0 aliphatic rings. The van der Waals surface area contributed by atoms with E-state index in [0.29, 0.717) is 0 Å². The van der Waals surface area contributed by atoms with Crippen molar-refractivity contribution >= 4 is 27.5 Å². The largest absolute Gasteiger partial charge is 0.323 e. The van der Waals surface area contributed by atoms with Crippen molar-refractivity contribution in [3.63, 3.8) is 0 Å². The molecule has 0 unspecified atom stereocenters. The number of hydrogen-bond acceptors (Lipinski definition) is 2. The van der Waals surface area contributed by atoms with E-state index in [1.165, 1.54) is 0 Å². The fraction of sp³-hybridized carbons (Fsp3) is 0.417. The molecule has 0 aliphatic carbocycles. The maximum Gasteiger partial charge on any atom is 0.244 e. The first-order chi connectivity index (χ1) is 7.36. The molecule has 0 saturated carbocycles. The van der Waals surface area contributed by atoms with Crippen LogP contribution in [0.25, 0.3) is 0 Å². The van der Waals surface area contributed by atoms with Crippen LogP contribution in [0.15, 0.2) is 22.7 Å². The van der Waals surface area contributed by atoms with Gasteiger partial charge in [-0.05, 0) is 61.4 Å². The second kappa shape index (κ2) is 4.97. The van der Waals surface area contributed by atoms with Gasteiger partial charge in [-0.25, -0.2) is 0 Å². The Morgan fingerprint density at radius 2 is 2.00 bits per heavy atom. The molecule has 0 bridgehead atoms. The summed E-state index contributed by atoms with van der Waals surface area (Å²) in [4.78, 5) is 11.9. The van der Waals surface area contributed by atoms with E-state index < -0.39 is 5.54 Å². The van der Waals surface area contributed by atoms with Crippen LogP contribution < -0.4 is 10.6 Å². The Bertz CT molecular complexity index is 402. The van der Waals surface area contributed by atoms with Gasteiger partial charge in [0.2, 0.25) is 5.91 Å². The van der Waals surface area contributed by atoms with Crippen molar-refractivity contribution in [2.75, 3.05) is 12.4 Å². The summed E-state index contributed by atoms with van der Waals surface area (Å²) in [5, 5.41) is 5.86. The second-order valence-electron chi connectivity index (χ2n) is 4.31. The summed E-state index contributed by atoms with van der Waals surface area (Å²) < 4.78 is 0.887. The molecule has 16 heavy (non-hydrogen) atoms. The Balaban J connectivity index is 2.89. The van der Waals surface area contributed by atoms with Gasteiger partial charge in [-0.2, -0.15) is 0 Å². The van der Waals surface area contributed by atoms with Crippen molar-refractivity contribution in [2.45, 2.75) is 26.3 Å². The van der Waals surface area contributed by atoms with Crippen LogP contribution in [0.4, 0.5) is 5.69 Å². The Hall–Kier alpha value is -0.870. The average Bonchev–Trinajstić information content (AvgIpc) is 2.23. The van der Waals surface area contributed by atoms with Gasteiger partial charge in [0, 0.05) is 4.47 Å². The standard InChI is InChI=1S/C12H17BrN2O/c1-8-5-6-9(13)10(7-8)15-11(16)12(2,3)14-4/h5-7,14H,1-4H3,(H,15,16). The van der Waals surface area contributed by atoms with E-state index in [1.54, 1.807) is 7.05 Å². The molecular weight excluding hydrogens is 268 g/mol. The van der Waals surface area contributed by atoms with Crippen LogP contribution in [0.2, 0.25) is 0 Å². The van der Waals surface area contributed by atoms with Crippen molar-refractivity contribution in [1.29, 1.82) is 0 Å². The zero-order valence-corrected chi connectivity index (χ0v) is 11.6. The highest BCUT2D eigenvalue weighted by Crippen LogP contribution is 2.24. The smallest absolute Gasteiger partial charge is 0.244 e. The molecule has 0 radical (unpaired) electrons. The van der Waals surface area contributed by atoms with Crippen molar-refractivity contribution in [1.82, 2.24) is 5.32 Å². The van der Waals surface area contributed by atoms with Crippen molar-refractivity contribution in [3.05, 3.63) is 28.2 Å². The molecule has 0 spiro atoms. The summed E-state index contributed by atoms with van der Waals surface area (Å²) in [5.41, 5.74) is 1.33. The SMILES string of the molecule is CNC(C)(C)C(=O)Nc1cc(C)ccc1Br. The predicted octanol–water partition coefficient (Wildman–Crippen LogP) is 2.69. The van der Waals surface area contributed by atoms with Gasteiger partial charge in [0.15, 0.2) is 0 Å². The number of carbonyl (C=O) groups is 1. The van der Waals surface area contributed by atoms with Gasteiger partial charge in [0.05, 0.1) is 11.2 Å². The number of carbonyl (C=O) groups excluding carboxylic acids is 1. The first-order valence-corrected chi connectivity index (χ1v) is 5.92. The van der Waals surface area contributed by atoms with Crippen LogP contribution in [-0.4, -0.2) is 18.5 Å². The summed E-state index contributed by atoms with van der Waals surface area (Å²) in [6.07, 6.45) is 0. The molecule has 88 valence electrons. The van der Waals surface area contributed by atoms with E-state index in [2.05, 4.69) is 26.6 Å². The molecule has 0 aliphatic heterocycles. The van der Waals surface area contributed by atoms with Gasteiger partial charge in [-0.15, -0.1) is 0 Å². The zero-order valence-electron chi connectivity index (χ0n) is 10.0. The Morgan fingerprint density at radius 1 is 1.38 bits per heavy atom. The predicted molar refractivity (Wildman–Crippen MR) is 70.6 cm³/mol. The van der Waals surface area contributed by atoms with Gasteiger partial charge in [0.25, 0.3) is 0 Å². The van der Waals surface area contributed by atoms with Crippen LogP contribution in [0.3, 0.4) is 0 Å². The summed E-state index contributed by atoms with van der Waals surface area (Å²) in [7, 11) is 1.77. The minimum absolute atomic E-state index is 0.0544. The second-order valence-corrected chi connectivity index (χ2v) is 5.17. The van der Waals surface area contributed by atoms with E-state index in [1.807, 2.05) is 39.0 Å². The van der Waals surface area contributed by atoms with Crippen LogP contribution in [-0.2, 0) is 4.79 Å². The molecular formula is C12H17BrN2O. The molecule has 0 saturated heterocycles. The molecule has 0 atom stereocenters. The van der Waals surface area contributed by atoms with Gasteiger partial charge in [-0.1, -0.05) is 6.07 Å².